The van der Waals surface area contributed by atoms with Crippen molar-refractivity contribution in [1.29, 1.82) is 0 Å². The van der Waals surface area contributed by atoms with Crippen molar-refractivity contribution in [2.75, 3.05) is 0 Å². The van der Waals surface area contributed by atoms with Gasteiger partial charge < -0.3 is 10.8 Å². The molecule has 0 aromatic heterocycles. The number of nitrogens with two attached hydrogens (primary N) is 1. The van der Waals surface area contributed by atoms with Gasteiger partial charge in [-0.25, -0.2) is 0 Å². The van der Waals surface area contributed by atoms with Crippen molar-refractivity contribution in [1.82, 2.24) is 0 Å². The number of benzene rings is 1. The SMILES string of the molecule is C[C@H](O)[C@H](N)CCc1ccccc1. The fraction of sp³-hybridized carbons (Fsp3) is 0.455. The minimum Gasteiger partial charge on any atom is -0.392 e. The fourth-order valence-corrected chi connectivity index (χ4v) is 1.22. The Hall–Kier alpha value is -0.860. The molecule has 1 aromatic carbocycles. The monoisotopic (exact) mass is 179 g/mol. The Morgan fingerprint density at radius 2 is 1.92 bits per heavy atom. The van der Waals surface area contributed by atoms with Crippen LogP contribution >= 0.6 is 0 Å². The largest absolute Gasteiger partial charge is 0.392 e. The van der Waals surface area contributed by atoms with Crippen LogP contribution in [0.3, 0.4) is 0 Å². The minimum atomic E-state index is -0.413. The molecule has 0 spiro atoms. The lowest BCUT2D eigenvalue weighted by molar-refractivity contribution is 0.159. The van der Waals surface area contributed by atoms with Crippen LogP contribution in [0.5, 0.6) is 0 Å². The molecule has 3 N–H and O–H groups in total. The van der Waals surface area contributed by atoms with Crippen LogP contribution in [-0.2, 0) is 6.42 Å². The van der Waals surface area contributed by atoms with Crippen LogP contribution in [0.2, 0.25) is 0 Å². The lowest BCUT2D eigenvalue weighted by atomic mass is 10.0. The number of aryl methyl sites for hydroxylation is 1. The summed E-state index contributed by atoms with van der Waals surface area (Å²) >= 11 is 0. The molecule has 2 atom stereocenters. The van der Waals surface area contributed by atoms with Gasteiger partial charge in [0.15, 0.2) is 0 Å². The van der Waals surface area contributed by atoms with Gasteiger partial charge in [0.05, 0.1) is 6.10 Å². The first kappa shape index (κ1) is 10.2. The molecule has 2 nitrogen and oxygen atoms in total. The highest BCUT2D eigenvalue weighted by atomic mass is 16.3. The van der Waals surface area contributed by atoms with Crippen molar-refractivity contribution in [2.24, 2.45) is 5.73 Å². The van der Waals surface area contributed by atoms with Gasteiger partial charge in [0.25, 0.3) is 0 Å². The molecule has 13 heavy (non-hydrogen) atoms. The molecule has 0 unspecified atom stereocenters. The van der Waals surface area contributed by atoms with Crippen LogP contribution in [0.15, 0.2) is 30.3 Å². The zero-order chi connectivity index (χ0) is 9.68. The number of aliphatic hydroxyl groups excluding tert-OH is 1. The van der Waals surface area contributed by atoms with Crippen molar-refractivity contribution in [3.63, 3.8) is 0 Å². The van der Waals surface area contributed by atoms with Crippen molar-refractivity contribution in [3.8, 4) is 0 Å². The summed E-state index contributed by atoms with van der Waals surface area (Å²) in [5.41, 5.74) is 6.99. The molecule has 1 rings (SSSR count). The normalized spacial score (nSPS) is 15.3. The molecule has 0 aliphatic carbocycles. The zero-order valence-electron chi connectivity index (χ0n) is 7.98. The van der Waals surface area contributed by atoms with E-state index in [1.54, 1.807) is 6.92 Å². The molecule has 2 heteroatoms. The van der Waals surface area contributed by atoms with E-state index in [4.69, 9.17) is 5.73 Å². The van der Waals surface area contributed by atoms with Crippen LogP contribution in [0, 0.1) is 0 Å². The molecule has 0 heterocycles. The van der Waals surface area contributed by atoms with Gasteiger partial charge >= 0.3 is 0 Å². The third-order valence-electron chi connectivity index (χ3n) is 2.23. The average Bonchev–Trinajstić information content (AvgIpc) is 2.15. The molecular formula is C11H17NO. The molecule has 0 fully saturated rings. The van der Waals surface area contributed by atoms with E-state index in [1.807, 2.05) is 18.2 Å². The van der Waals surface area contributed by atoms with E-state index in [0.717, 1.165) is 12.8 Å². The van der Waals surface area contributed by atoms with Gasteiger partial charge in [-0.3, -0.25) is 0 Å². The second kappa shape index (κ2) is 5.00. The molecular weight excluding hydrogens is 162 g/mol. The van der Waals surface area contributed by atoms with Gasteiger partial charge in [-0.05, 0) is 25.3 Å². The lowest BCUT2D eigenvalue weighted by Gasteiger charge is -2.13. The van der Waals surface area contributed by atoms with E-state index in [0.29, 0.717) is 0 Å². The Morgan fingerprint density at radius 1 is 1.31 bits per heavy atom. The molecule has 0 saturated carbocycles. The first-order chi connectivity index (χ1) is 6.20. The molecule has 0 aliphatic heterocycles. The van der Waals surface area contributed by atoms with E-state index < -0.39 is 6.10 Å². The van der Waals surface area contributed by atoms with Crippen molar-refractivity contribution in [2.45, 2.75) is 31.9 Å². The standard InChI is InChI=1S/C11H17NO/c1-9(13)11(12)8-7-10-5-3-2-4-6-10/h2-6,9,11,13H,7-8,12H2,1H3/t9-,11+/m0/s1. The lowest BCUT2D eigenvalue weighted by Crippen LogP contribution is -2.32. The Balaban J connectivity index is 2.35. The van der Waals surface area contributed by atoms with Gasteiger partial charge in [-0.2, -0.15) is 0 Å². The highest BCUT2D eigenvalue weighted by Gasteiger charge is 2.08. The second-order valence-corrected chi connectivity index (χ2v) is 3.43. The van der Waals surface area contributed by atoms with Gasteiger partial charge in [0.2, 0.25) is 0 Å². The summed E-state index contributed by atoms with van der Waals surface area (Å²) in [5.74, 6) is 0. The molecule has 0 amide bonds. The molecule has 72 valence electrons. The summed E-state index contributed by atoms with van der Waals surface area (Å²) < 4.78 is 0. The maximum absolute atomic E-state index is 9.17. The summed E-state index contributed by atoms with van der Waals surface area (Å²) in [7, 11) is 0. The maximum Gasteiger partial charge on any atom is 0.0663 e. The van der Waals surface area contributed by atoms with Crippen molar-refractivity contribution < 1.29 is 5.11 Å². The van der Waals surface area contributed by atoms with E-state index >= 15 is 0 Å². The summed E-state index contributed by atoms with van der Waals surface area (Å²) in [4.78, 5) is 0. The number of hydrogen-bond donors (Lipinski definition) is 2. The fourth-order valence-electron chi connectivity index (χ4n) is 1.22. The van der Waals surface area contributed by atoms with Crippen LogP contribution in [0.25, 0.3) is 0 Å². The Morgan fingerprint density at radius 3 is 2.46 bits per heavy atom. The Bertz CT molecular complexity index is 233. The Labute approximate surface area is 79.4 Å². The predicted octanol–water partition coefficient (Wildman–Crippen LogP) is 1.33. The van der Waals surface area contributed by atoms with Gasteiger partial charge in [-0.1, -0.05) is 30.3 Å². The van der Waals surface area contributed by atoms with Crippen molar-refractivity contribution >= 4 is 0 Å². The van der Waals surface area contributed by atoms with Gasteiger partial charge in [0.1, 0.15) is 0 Å². The average molecular weight is 179 g/mol. The highest BCUT2D eigenvalue weighted by Crippen LogP contribution is 2.05. The topological polar surface area (TPSA) is 46.2 Å². The van der Waals surface area contributed by atoms with Crippen LogP contribution < -0.4 is 5.73 Å². The van der Waals surface area contributed by atoms with Crippen molar-refractivity contribution in [3.05, 3.63) is 35.9 Å². The minimum absolute atomic E-state index is 0.111. The third-order valence-corrected chi connectivity index (χ3v) is 2.23. The molecule has 0 radical (unpaired) electrons. The smallest absolute Gasteiger partial charge is 0.0663 e. The maximum atomic E-state index is 9.17. The van der Waals surface area contributed by atoms with Crippen LogP contribution in [0.4, 0.5) is 0 Å². The van der Waals surface area contributed by atoms with Gasteiger partial charge in [-0.15, -0.1) is 0 Å². The number of hydrogen-bond acceptors (Lipinski definition) is 2. The summed E-state index contributed by atoms with van der Waals surface area (Å²) in [6.07, 6.45) is 1.36. The molecule has 0 aliphatic rings. The van der Waals surface area contributed by atoms with E-state index in [-0.39, 0.29) is 6.04 Å². The molecule has 1 aromatic rings. The van der Waals surface area contributed by atoms with Crippen LogP contribution in [-0.4, -0.2) is 17.3 Å². The number of rotatable bonds is 4. The number of aliphatic hydroxyl groups is 1. The first-order valence-electron chi connectivity index (χ1n) is 4.67. The predicted molar refractivity (Wildman–Crippen MR) is 54.4 cm³/mol. The van der Waals surface area contributed by atoms with E-state index in [9.17, 15) is 5.11 Å². The van der Waals surface area contributed by atoms with Crippen LogP contribution in [0.1, 0.15) is 18.9 Å². The quantitative estimate of drug-likeness (QED) is 0.732. The summed E-state index contributed by atoms with van der Waals surface area (Å²) in [6, 6.07) is 10.1. The zero-order valence-corrected chi connectivity index (χ0v) is 7.98. The highest BCUT2D eigenvalue weighted by molar-refractivity contribution is 5.14. The van der Waals surface area contributed by atoms with Gasteiger partial charge in [0, 0.05) is 6.04 Å². The summed E-state index contributed by atoms with van der Waals surface area (Å²) in [5, 5.41) is 9.17. The third kappa shape index (κ3) is 3.57. The molecule has 0 saturated heterocycles. The first-order valence-corrected chi connectivity index (χ1v) is 4.67. The Kier molecular flexibility index (Phi) is 3.93. The van der Waals surface area contributed by atoms with E-state index in [2.05, 4.69) is 12.1 Å². The second-order valence-electron chi connectivity index (χ2n) is 3.43. The summed E-state index contributed by atoms with van der Waals surface area (Å²) in [6.45, 7) is 1.73. The van der Waals surface area contributed by atoms with E-state index in [1.165, 1.54) is 5.56 Å². The molecule has 0 bridgehead atoms.